The van der Waals surface area contributed by atoms with Crippen LogP contribution in [0.3, 0.4) is 0 Å². The van der Waals surface area contributed by atoms with E-state index in [1.54, 1.807) is 0 Å². The first-order valence-corrected chi connectivity index (χ1v) is 8.31. The lowest BCUT2D eigenvalue weighted by molar-refractivity contribution is 0.0358. The zero-order chi connectivity index (χ0) is 16.1. The SMILES string of the molecule is C[C@@H]1CN(Cc2ccccn2)CCN1C[C@@H](O)c1ccccc1. The van der Waals surface area contributed by atoms with E-state index in [0.29, 0.717) is 12.6 Å². The molecule has 0 unspecified atom stereocenters. The number of hydrogen-bond acceptors (Lipinski definition) is 4. The predicted octanol–water partition coefficient (Wildman–Crippen LogP) is 2.32. The molecule has 0 spiro atoms. The van der Waals surface area contributed by atoms with Gasteiger partial charge in [0.2, 0.25) is 0 Å². The Labute approximate surface area is 138 Å². The van der Waals surface area contributed by atoms with Gasteiger partial charge < -0.3 is 5.11 Å². The van der Waals surface area contributed by atoms with Gasteiger partial charge in [0.1, 0.15) is 0 Å². The van der Waals surface area contributed by atoms with E-state index in [1.165, 1.54) is 0 Å². The average Bonchev–Trinajstić information content (AvgIpc) is 2.59. The second-order valence-electron chi connectivity index (χ2n) is 6.33. The first-order chi connectivity index (χ1) is 11.2. The van der Waals surface area contributed by atoms with Crippen LogP contribution in [-0.2, 0) is 6.54 Å². The average molecular weight is 311 g/mol. The molecule has 4 nitrogen and oxygen atoms in total. The van der Waals surface area contributed by atoms with Crippen molar-refractivity contribution in [3.8, 4) is 0 Å². The van der Waals surface area contributed by atoms with E-state index in [-0.39, 0.29) is 0 Å². The highest BCUT2D eigenvalue weighted by atomic mass is 16.3. The third-order valence-electron chi connectivity index (χ3n) is 4.55. The van der Waals surface area contributed by atoms with Gasteiger partial charge in [-0.3, -0.25) is 14.8 Å². The Hall–Kier alpha value is -1.75. The molecule has 1 aliphatic rings. The van der Waals surface area contributed by atoms with Crippen LogP contribution < -0.4 is 0 Å². The lowest BCUT2D eigenvalue weighted by Crippen LogP contribution is -2.52. The van der Waals surface area contributed by atoms with Gasteiger partial charge in [0.25, 0.3) is 0 Å². The Bertz CT molecular complexity index is 590. The fraction of sp³-hybridized carbons (Fsp3) is 0.421. The Balaban J connectivity index is 1.52. The van der Waals surface area contributed by atoms with Crippen LogP contribution in [0.25, 0.3) is 0 Å². The van der Waals surface area contributed by atoms with Crippen molar-refractivity contribution in [3.05, 3.63) is 66.0 Å². The maximum Gasteiger partial charge on any atom is 0.0917 e. The molecule has 0 bridgehead atoms. The van der Waals surface area contributed by atoms with Crippen LogP contribution in [0.1, 0.15) is 24.3 Å². The van der Waals surface area contributed by atoms with Crippen LogP contribution in [0, 0.1) is 0 Å². The van der Waals surface area contributed by atoms with E-state index in [9.17, 15) is 5.11 Å². The highest BCUT2D eigenvalue weighted by molar-refractivity contribution is 5.17. The van der Waals surface area contributed by atoms with Gasteiger partial charge in [-0.05, 0) is 24.6 Å². The minimum Gasteiger partial charge on any atom is -0.387 e. The van der Waals surface area contributed by atoms with Crippen molar-refractivity contribution < 1.29 is 5.11 Å². The minimum absolute atomic E-state index is 0.416. The summed E-state index contributed by atoms with van der Waals surface area (Å²) in [4.78, 5) is 9.23. The molecule has 1 saturated heterocycles. The number of aliphatic hydroxyl groups is 1. The molecular weight excluding hydrogens is 286 g/mol. The molecule has 122 valence electrons. The first-order valence-electron chi connectivity index (χ1n) is 8.31. The molecule has 1 aliphatic heterocycles. The van der Waals surface area contributed by atoms with E-state index >= 15 is 0 Å². The third kappa shape index (κ3) is 4.38. The summed E-state index contributed by atoms with van der Waals surface area (Å²) in [6.07, 6.45) is 1.44. The Kier molecular flexibility index (Phi) is 5.39. The van der Waals surface area contributed by atoms with Gasteiger partial charge in [0, 0.05) is 45.0 Å². The number of aromatic nitrogens is 1. The van der Waals surface area contributed by atoms with Crippen LogP contribution in [-0.4, -0.2) is 52.1 Å². The van der Waals surface area contributed by atoms with Crippen LogP contribution in [0.5, 0.6) is 0 Å². The third-order valence-corrected chi connectivity index (χ3v) is 4.55. The van der Waals surface area contributed by atoms with Crippen molar-refractivity contribution in [2.75, 3.05) is 26.2 Å². The van der Waals surface area contributed by atoms with Crippen LogP contribution in [0.2, 0.25) is 0 Å². The molecule has 0 aliphatic carbocycles. The molecule has 2 heterocycles. The fourth-order valence-electron chi connectivity index (χ4n) is 3.21. The summed E-state index contributed by atoms with van der Waals surface area (Å²) in [5.41, 5.74) is 2.12. The number of hydrogen-bond donors (Lipinski definition) is 1. The molecule has 3 rings (SSSR count). The smallest absolute Gasteiger partial charge is 0.0917 e. The van der Waals surface area contributed by atoms with Crippen molar-refractivity contribution in [2.24, 2.45) is 0 Å². The molecule has 1 fully saturated rings. The van der Waals surface area contributed by atoms with Gasteiger partial charge in [-0.15, -0.1) is 0 Å². The lowest BCUT2D eigenvalue weighted by Gasteiger charge is -2.40. The predicted molar refractivity (Wildman–Crippen MR) is 92.0 cm³/mol. The van der Waals surface area contributed by atoms with E-state index in [4.69, 9.17) is 0 Å². The number of benzene rings is 1. The van der Waals surface area contributed by atoms with Crippen LogP contribution >= 0.6 is 0 Å². The molecule has 0 amide bonds. The summed E-state index contributed by atoms with van der Waals surface area (Å²) < 4.78 is 0. The van der Waals surface area contributed by atoms with Crippen molar-refractivity contribution in [1.29, 1.82) is 0 Å². The number of piperazine rings is 1. The van der Waals surface area contributed by atoms with Crippen molar-refractivity contribution in [2.45, 2.75) is 25.6 Å². The van der Waals surface area contributed by atoms with Crippen molar-refractivity contribution in [3.63, 3.8) is 0 Å². The van der Waals surface area contributed by atoms with E-state index in [2.05, 4.69) is 27.8 Å². The molecule has 0 saturated carbocycles. The highest BCUT2D eigenvalue weighted by Crippen LogP contribution is 2.18. The molecule has 0 radical (unpaired) electrons. The number of rotatable bonds is 5. The monoisotopic (exact) mass is 311 g/mol. The van der Waals surface area contributed by atoms with Gasteiger partial charge in [-0.1, -0.05) is 36.4 Å². The summed E-state index contributed by atoms with van der Waals surface area (Å²) in [6.45, 7) is 6.85. The van der Waals surface area contributed by atoms with E-state index < -0.39 is 6.10 Å². The van der Waals surface area contributed by atoms with Gasteiger partial charge in [-0.2, -0.15) is 0 Å². The molecule has 4 heteroatoms. The Morgan fingerprint density at radius 3 is 2.61 bits per heavy atom. The summed E-state index contributed by atoms with van der Waals surface area (Å²) in [6, 6.07) is 16.4. The quantitative estimate of drug-likeness (QED) is 0.920. The Morgan fingerprint density at radius 2 is 1.91 bits per heavy atom. The Morgan fingerprint density at radius 1 is 1.13 bits per heavy atom. The van der Waals surface area contributed by atoms with E-state index in [0.717, 1.165) is 37.4 Å². The largest absolute Gasteiger partial charge is 0.387 e. The zero-order valence-electron chi connectivity index (χ0n) is 13.7. The maximum atomic E-state index is 10.4. The fourth-order valence-corrected chi connectivity index (χ4v) is 3.21. The summed E-state index contributed by atoms with van der Waals surface area (Å²) >= 11 is 0. The molecule has 2 atom stereocenters. The lowest BCUT2D eigenvalue weighted by atomic mass is 10.1. The molecule has 2 aromatic rings. The summed E-state index contributed by atoms with van der Waals surface area (Å²) in [7, 11) is 0. The number of β-amino-alcohol motifs (C(OH)–C–C–N with tert-alkyl or cyclic N) is 1. The standard InChI is InChI=1S/C19H25N3O/c1-16-13-21(14-18-9-5-6-10-20-18)11-12-22(16)15-19(23)17-7-3-2-4-8-17/h2-10,16,19,23H,11-15H2,1H3/t16-,19-/m1/s1. The second-order valence-corrected chi connectivity index (χ2v) is 6.33. The number of aliphatic hydroxyl groups excluding tert-OH is 1. The topological polar surface area (TPSA) is 39.6 Å². The molecule has 23 heavy (non-hydrogen) atoms. The second kappa shape index (κ2) is 7.68. The normalized spacial score (nSPS) is 21.2. The highest BCUT2D eigenvalue weighted by Gasteiger charge is 2.25. The zero-order valence-corrected chi connectivity index (χ0v) is 13.7. The van der Waals surface area contributed by atoms with Gasteiger partial charge in [-0.25, -0.2) is 0 Å². The molecular formula is C19H25N3O. The van der Waals surface area contributed by atoms with Gasteiger partial charge in [0.05, 0.1) is 11.8 Å². The maximum absolute atomic E-state index is 10.4. The summed E-state index contributed by atoms with van der Waals surface area (Å²) in [5, 5.41) is 10.4. The van der Waals surface area contributed by atoms with Crippen LogP contribution in [0.15, 0.2) is 54.7 Å². The van der Waals surface area contributed by atoms with Crippen LogP contribution in [0.4, 0.5) is 0 Å². The van der Waals surface area contributed by atoms with Crippen molar-refractivity contribution >= 4 is 0 Å². The number of nitrogens with zero attached hydrogens (tertiary/aromatic N) is 3. The number of pyridine rings is 1. The van der Waals surface area contributed by atoms with Gasteiger partial charge >= 0.3 is 0 Å². The molecule has 1 aromatic heterocycles. The van der Waals surface area contributed by atoms with Crippen molar-refractivity contribution in [1.82, 2.24) is 14.8 Å². The first kappa shape index (κ1) is 16.1. The minimum atomic E-state index is -0.416. The molecule has 1 aromatic carbocycles. The molecule has 1 N–H and O–H groups in total. The van der Waals surface area contributed by atoms with Gasteiger partial charge in [0.15, 0.2) is 0 Å². The van der Waals surface area contributed by atoms with E-state index in [1.807, 2.05) is 48.7 Å². The summed E-state index contributed by atoms with van der Waals surface area (Å²) in [5.74, 6) is 0.